The fourth-order valence-electron chi connectivity index (χ4n) is 1.59. The van der Waals surface area contributed by atoms with Crippen LogP contribution in [0.1, 0.15) is 17.0 Å². The molecule has 0 unspecified atom stereocenters. The van der Waals surface area contributed by atoms with Gasteiger partial charge in [-0.2, -0.15) is 5.10 Å². The summed E-state index contributed by atoms with van der Waals surface area (Å²) < 4.78 is 1.85. The molecular formula is C12H17N5. The summed E-state index contributed by atoms with van der Waals surface area (Å²) in [5.41, 5.74) is 8.74. The van der Waals surface area contributed by atoms with Gasteiger partial charge >= 0.3 is 0 Å². The van der Waals surface area contributed by atoms with Crippen LogP contribution in [-0.2, 0) is 20.1 Å². The molecule has 0 atom stereocenters. The molecule has 3 N–H and O–H groups in total. The fraction of sp³-hybridized carbons (Fsp3) is 0.333. The third-order valence-electron chi connectivity index (χ3n) is 2.68. The van der Waals surface area contributed by atoms with Gasteiger partial charge in [-0.15, -0.1) is 0 Å². The van der Waals surface area contributed by atoms with Gasteiger partial charge in [-0.05, 0) is 24.6 Å². The molecule has 0 saturated carbocycles. The summed E-state index contributed by atoms with van der Waals surface area (Å²) in [5, 5.41) is 7.61. The fourth-order valence-corrected chi connectivity index (χ4v) is 1.59. The number of aryl methyl sites for hydroxylation is 2. The minimum Gasteiger partial charge on any atom is -0.365 e. The van der Waals surface area contributed by atoms with Crippen molar-refractivity contribution in [1.82, 2.24) is 14.8 Å². The Morgan fingerprint density at radius 2 is 2.24 bits per heavy atom. The van der Waals surface area contributed by atoms with Crippen molar-refractivity contribution in [2.45, 2.75) is 20.0 Å². The maximum Gasteiger partial charge on any atom is 0.148 e. The van der Waals surface area contributed by atoms with Crippen molar-refractivity contribution >= 4 is 5.82 Å². The SMILES string of the molecule is Cc1cc(NCc2ccnc(CN)c2)nn1C. The van der Waals surface area contributed by atoms with Crippen molar-refractivity contribution in [3.63, 3.8) is 0 Å². The quantitative estimate of drug-likeness (QED) is 0.829. The van der Waals surface area contributed by atoms with E-state index in [2.05, 4.69) is 15.4 Å². The molecule has 0 radical (unpaired) electrons. The van der Waals surface area contributed by atoms with E-state index >= 15 is 0 Å². The van der Waals surface area contributed by atoms with Crippen LogP contribution in [0.25, 0.3) is 0 Å². The molecule has 0 saturated heterocycles. The normalized spacial score (nSPS) is 10.5. The predicted octanol–water partition coefficient (Wildman–Crippen LogP) is 1.19. The molecular weight excluding hydrogens is 214 g/mol. The lowest BCUT2D eigenvalue weighted by atomic mass is 10.2. The van der Waals surface area contributed by atoms with Crippen LogP contribution < -0.4 is 11.1 Å². The van der Waals surface area contributed by atoms with Crippen LogP contribution in [0, 0.1) is 6.92 Å². The van der Waals surface area contributed by atoms with Crippen LogP contribution in [0.15, 0.2) is 24.4 Å². The molecule has 90 valence electrons. The van der Waals surface area contributed by atoms with Crippen molar-refractivity contribution in [1.29, 1.82) is 0 Å². The monoisotopic (exact) mass is 231 g/mol. The molecule has 17 heavy (non-hydrogen) atoms. The first-order chi connectivity index (χ1) is 8.19. The van der Waals surface area contributed by atoms with Gasteiger partial charge in [0.1, 0.15) is 5.82 Å². The van der Waals surface area contributed by atoms with Crippen molar-refractivity contribution in [2.24, 2.45) is 12.8 Å². The summed E-state index contributed by atoms with van der Waals surface area (Å²) in [6, 6.07) is 6.00. The number of nitrogens with two attached hydrogens (primary N) is 1. The van der Waals surface area contributed by atoms with Gasteiger partial charge in [-0.1, -0.05) is 0 Å². The molecule has 2 heterocycles. The zero-order chi connectivity index (χ0) is 12.3. The first-order valence-electron chi connectivity index (χ1n) is 5.57. The zero-order valence-electron chi connectivity index (χ0n) is 10.1. The standard InChI is InChI=1S/C12H17N5/c1-9-5-12(16-17(9)2)15-8-10-3-4-14-11(6-10)7-13/h3-6H,7-8,13H2,1-2H3,(H,15,16). The third kappa shape index (κ3) is 2.82. The molecule has 5 nitrogen and oxygen atoms in total. The first-order valence-corrected chi connectivity index (χ1v) is 5.57. The van der Waals surface area contributed by atoms with Crippen molar-refractivity contribution in [3.8, 4) is 0 Å². The maximum absolute atomic E-state index is 5.55. The Morgan fingerprint density at radius 1 is 1.41 bits per heavy atom. The summed E-state index contributed by atoms with van der Waals surface area (Å²) in [5.74, 6) is 0.885. The van der Waals surface area contributed by atoms with Gasteiger partial charge in [-0.3, -0.25) is 9.67 Å². The summed E-state index contributed by atoms with van der Waals surface area (Å²) in [7, 11) is 1.93. The number of nitrogens with one attached hydrogen (secondary N) is 1. The summed E-state index contributed by atoms with van der Waals surface area (Å²) in [4.78, 5) is 4.16. The van der Waals surface area contributed by atoms with Gasteiger partial charge in [0.2, 0.25) is 0 Å². The third-order valence-corrected chi connectivity index (χ3v) is 2.68. The number of hydrogen-bond donors (Lipinski definition) is 2. The molecule has 0 spiro atoms. The highest BCUT2D eigenvalue weighted by molar-refractivity contribution is 5.36. The topological polar surface area (TPSA) is 68.8 Å². The number of pyridine rings is 1. The number of hydrogen-bond acceptors (Lipinski definition) is 4. The molecule has 0 bridgehead atoms. The van der Waals surface area contributed by atoms with Gasteiger partial charge in [0.15, 0.2) is 0 Å². The van der Waals surface area contributed by atoms with E-state index in [0.717, 1.165) is 29.3 Å². The van der Waals surface area contributed by atoms with Crippen molar-refractivity contribution in [3.05, 3.63) is 41.3 Å². The minimum absolute atomic E-state index is 0.469. The number of aromatic nitrogens is 3. The highest BCUT2D eigenvalue weighted by Gasteiger charge is 2.01. The van der Waals surface area contributed by atoms with E-state index < -0.39 is 0 Å². The predicted molar refractivity (Wildman–Crippen MR) is 67.4 cm³/mol. The lowest BCUT2D eigenvalue weighted by Gasteiger charge is -2.04. The maximum atomic E-state index is 5.55. The van der Waals surface area contributed by atoms with Crippen LogP contribution in [0.3, 0.4) is 0 Å². The molecule has 0 fully saturated rings. The first kappa shape index (κ1) is 11.6. The molecule has 2 aromatic rings. The van der Waals surface area contributed by atoms with E-state index in [0.29, 0.717) is 6.54 Å². The van der Waals surface area contributed by atoms with Crippen LogP contribution in [0.2, 0.25) is 0 Å². The molecule has 0 aliphatic carbocycles. The van der Waals surface area contributed by atoms with Crippen LogP contribution >= 0.6 is 0 Å². The highest BCUT2D eigenvalue weighted by Crippen LogP contribution is 2.09. The lowest BCUT2D eigenvalue weighted by molar-refractivity contribution is 0.741. The molecule has 0 aromatic carbocycles. The van der Waals surface area contributed by atoms with Crippen LogP contribution in [-0.4, -0.2) is 14.8 Å². The summed E-state index contributed by atoms with van der Waals surface area (Å²) in [6.45, 7) is 3.22. The Morgan fingerprint density at radius 3 is 2.88 bits per heavy atom. The largest absolute Gasteiger partial charge is 0.365 e. The second kappa shape index (κ2) is 4.97. The molecule has 5 heteroatoms. The van der Waals surface area contributed by atoms with Crippen molar-refractivity contribution in [2.75, 3.05) is 5.32 Å². The van der Waals surface area contributed by atoms with Crippen LogP contribution in [0.5, 0.6) is 0 Å². The Hall–Kier alpha value is -1.88. The van der Waals surface area contributed by atoms with E-state index in [9.17, 15) is 0 Å². The Labute approximate surface area is 101 Å². The minimum atomic E-state index is 0.469. The van der Waals surface area contributed by atoms with Crippen LogP contribution in [0.4, 0.5) is 5.82 Å². The molecule has 2 rings (SSSR count). The zero-order valence-corrected chi connectivity index (χ0v) is 10.1. The van der Waals surface area contributed by atoms with E-state index in [1.165, 1.54) is 0 Å². The van der Waals surface area contributed by atoms with Gasteiger partial charge in [0.25, 0.3) is 0 Å². The Kier molecular flexibility index (Phi) is 3.39. The Bertz CT molecular complexity index is 484. The van der Waals surface area contributed by atoms with E-state index in [1.54, 1.807) is 6.20 Å². The van der Waals surface area contributed by atoms with Gasteiger partial charge < -0.3 is 11.1 Å². The van der Waals surface area contributed by atoms with Gasteiger partial charge in [0.05, 0.1) is 5.69 Å². The molecule has 0 aliphatic heterocycles. The lowest BCUT2D eigenvalue weighted by Crippen LogP contribution is -2.04. The highest BCUT2D eigenvalue weighted by atomic mass is 15.3. The Balaban J connectivity index is 2.01. The van der Waals surface area contributed by atoms with E-state index in [4.69, 9.17) is 5.73 Å². The molecule has 0 amide bonds. The number of nitrogens with zero attached hydrogens (tertiary/aromatic N) is 3. The second-order valence-corrected chi connectivity index (χ2v) is 4.01. The van der Waals surface area contributed by atoms with Gasteiger partial charge in [-0.25, -0.2) is 0 Å². The molecule has 0 aliphatic rings. The van der Waals surface area contributed by atoms with E-state index in [1.807, 2.05) is 36.9 Å². The summed E-state index contributed by atoms with van der Waals surface area (Å²) in [6.07, 6.45) is 1.78. The molecule has 2 aromatic heterocycles. The number of rotatable bonds is 4. The average molecular weight is 231 g/mol. The van der Waals surface area contributed by atoms with E-state index in [-0.39, 0.29) is 0 Å². The van der Waals surface area contributed by atoms with Crippen molar-refractivity contribution < 1.29 is 0 Å². The smallest absolute Gasteiger partial charge is 0.148 e. The number of anilines is 1. The second-order valence-electron chi connectivity index (χ2n) is 4.01. The average Bonchev–Trinajstić information content (AvgIpc) is 2.67. The summed E-state index contributed by atoms with van der Waals surface area (Å²) >= 11 is 0. The van der Waals surface area contributed by atoms with Gasteiger partial charge in [0, 0.05) is 38.1 Å².